The maximum atomic E-state index is 13.0. The van der Waals surface area contributed by atoms with Crippen LogP contribution in [0.25, 0.3) is 0 Å². The van der Waals surface area contributed by atoms with Crippen LogP contribution in [0.5, 0.6) is 5.75 Å². The highest BCUT2D eigenvalue weighted by atomic mass is 16.5. The molecule has 0 aromatic heterocycles. The van der Waals surface area contributed by atoms with Gasteiger partial charge in [-0.05, 0) is 50.5 Å². The van der Waals surface area contributed by atoms with Crippen molar-refractivity contribution >= 4 is 5.91 Å². The minimum atomic E-state index is 0.169. The second-order valence-electron chi connectivity index (χ2n) is 8.35. The van der Waals surface area contributed by atoms with Crippen LogP contribution in [0.4, 0.5) is 0 Å². The first-order valence-electron chi connectivity index (χ1n) is 10.4. The smallest absolute Gasteiger partial charge is 0.236 e. The van der Waals surface area contributed by atoms with Crippen molar-refractivity contribution in [2.45, 2.75) is 64.1 Å². The molecule has 3 rings (SSSR count). The fourth-order valence-corrected chi connectivity index (χ4v) is 4.28. The number of hydrogen-bond donors (Lipinski definition) is 1. The number of para-hydroxylation sites is 1. The first-order valence-corrected chi connectivity index (χ1v) is 10.4. The van der Waals surface area contributed by atoms with Crippen LogP contribution in [-0.4, -0.2) is 59.7 Å². The summed E-state index contributed by atoms with van der Waals surface area (Å²) in [6, 6.07) is 7.75. The molecule has 1 amide bonds. The molecule has 0 spiro atoms. The quantitative estimate of drug-likeness (QED) is 0.795. The summed E-state index contributed by atoms with van der Waals surface area (Å²) in [5, 5.41) is 10.1. The SMILES string of the molecule is CC1CCC(N(C)C(=O)CN(Cc2ccccc2O)CC2CCCO2)CC1. The van der Waals surface area contributed by atoms with Crippen molar-refractivity contribution in [3.05, 3.63) is 29.8 Å². The van der Waals surface area contributed by atoms with Gasteiger partial charge in [-0.15, -0.1) is 0 Å². The van der Waals surface area contributed by atoms with E-state index in [2.05, 4.69) is 11.8 Å². The van der Waals surface area contributed by atoms with E-state index in [0.29, 0.717) is 19.1 Å². The Morgan fingerprint density at radius 1 is 1.19 bits per heavy atom. The van der Waals surface area contributed by atoms with Gasteiger partial charge in [-0.25, -0.2) is 0 Å². The Balaban J connectivity index is 1.62. The third-order valence-electron chi connectivity index (χ3n) is 6.16. The van der Waals surface area contributed by atoms with Gasteiger partial charge in [0.05, 0.1) is 12.6 Å². The summed E-state index contributed by atoms with van der Waals surface area (Å²) < 4.78 is 5.79. The van der Waals surface area contributed by atoms with E-state index in [9.17, 15) is 9.90 Å². The van der Waals surface area contributed by atoms with Crippen LogP contribution in [0.15, 0.2) is 24.3 Å². The van der Waals surface area contributed by atoms with Gasteiger partial charge >= 0.3 is 0 Å². The molecule has 5 heteroatoms. The highest BCUT2D eigenvalue weighted by Crippen LogP contribution is 2.27. The van der Waals surface area contributed by atoms with Gasteiger partial charge < -0.3 is 14.7 Å². The van der Waals surface area contributed by atoms with Gasteiger partial charge in [0, 0.05) is 38.3 Å². The summed E-state index contributed by atoms with van der Waals surface area (Å²) in [6.45, 7) is 4.77. The molecule has 1 aromatic rings. The van der Waals surface area contributed by atoms with E-state index < -0.39 is 0 Å². The monoisotopic (exact) mass is 374 g/mol. The van der Waals surface area contributed by atoms with E-state index in [1.54, 1.807) is 6.07 Å². The number of hydrogen-bond acceptors (Lipinski definition) is 4. The van der Waals surface area contributed by atoms with Crippen molar-refractivity contribution in [1.29, 1.82) is 0 Å². The molecule has 2 aliphatic rings. The van der Waals surface area contributed by atoms with Gasteiger partial charge in [0.2, 0.25) is 5.91 Å². The van der Waals surface area contributed by atoms with Crippen molar-refractivity contribution in [2.24, 2.45) is 5.92 Å². The summed E-state index contributed by atoms with van der Waals surface area (Å²) in [5.41, 5.74) is 0.859. The number of amides is 1. The Labute approximate surface area is 163 Å². The van der Waals surface area contributed by atoms with Crippen molar-refractivity contribution in [2.75, 3.05) is 26.7 Å². The highest BCUT2D eigenvalue weighted by Gasteiger charge is 2.27. The molecular formula is C22H34N2O3. The summed E-state index contributed by atoms with van der Waals surface area (Å²) in [7, 11) is 1.95. The number of ether oxygens (including phenoxy) is 1. The van der Waals surface area contributed by atoms with Gasteiger partial charge in [0.25, 0.3) is 0 Å². The molecule has 1 aliphatic heterocycles. The molecule has 27 heavy (non-hydrogen) atoms. The van der Waals surface area contributed by atoms with Crippen LogP contribution in [-0.2, 0) is 16.1 Å². The maximum Gasteiger partial charge on any atom is 0.236 e. The minimum Gasteiger partial charge on any atom is -0.508 e. The average molecular weight is 375 g/mol. The number of carbonyl (C=O) groups is 1. The fourth-order valence-electron chi connectivity index (χ4n) is 4.28. The molecule has 1 saturated carbocycles. The van der Waals surface area contributed by atoms with E-state index in [1.807, 2.05) is 30.1 Å². The fraction of sp³-hybridized carbons (Fsp3) is 0.682. The standard InChI is InChI=1S/C22H34N2O3/c1-17-9-11-19(12-10-17)23(2)22(26)16-24(15-20-7-5-13-27-20)14-18-6-3-4-8-21(18)25/h3-4,6,8,17,19-20,25H,5,7,9-16H2,1-2H3. The third-order valence-corrected chi connectivity index (χ3v) is 6.16. The summed E-state index contributed by atoms with van der Waals surface area (Å²) in [5.74, 6) is 1.24. The van der Waals surface area contributed by atoms with Gasteiger partial charge in [-0.2, -0.15) is 0 Å². The molecule has 150 valence electrons. The summed E-state index contributed by atoms with van der Waals surface area (Å²) >= 11 is 0. The van der Waals surface area contributed by atoms with Gasteiger partial charge in [0.15, 0.2) is 0 Å². The molecule has 0 radical (unpaired) electrons. The lowest BCUT2D eigenvalue weighted by atomic mass is 9.87. The Hall–Kier alpha value is -1.59. The van der Waals surface area contributed by atoms with Gasteiger partial charge in [-0.1, -0.05) is 25.1 Å². The van der Waals surface area contributed by atoms with Crippen LogP contribution in [0, 0.1) is 5.92 Å². The van der Waals surface area contributed by atoms with Crippen LogP contribution in [0.2, 0.25) is 0 Å². The molecule has 1 aromatic carbocycles. The lowest BCUT2D eigenvalue weighted by Gasteiger charge is -2.35. The van der Waals surface area contributed by atoms with E-state index in [4.69, 9.17) is 4.74 Å². The first kappa shape index (κ1) is 20.2. The third kappa shape index (κ3) is 5.69. The second-order valence-corrected chi connectivity index (χ2v) is 8.35. The molecule has 1 unspecified atom stereocenters. The van der Waals surface area contributed by atoms with E-state index >= 15 is 0 Å². The minimum absolute atomic E-state index is 0.169. The van der Waals surface area contributed by atoms with Crippen molar-refractivity contribution in [3.8, 4) is 5.75 Å². The predicted octanol–water partition coefficient (Wildman–Crippen LogP) is 3.41. The number of carbonyl (C=O) groups excluding carboxylic acids is 1. The van der Waals surface area contributed by atoms with Crippen LogP contribution < -0.4 is 0 Å². The topological polar surface area (TPSA) is 53.0 Å². The molecule has 2 fully saturated rings. The number of benzene rings is 1. The molecule has 5 nitrogen and oxygen atoms in total. The Morgan fingerprint density at radius 2 is 1.93 bits per heavy atom. The zero-order valence-electron chi connectivity index (χ0n) is 16.8. The number of phenolic OH excluding ortho intramolecular Hbond substituents is 1. The molecule has 1 N–H and O–H groups in total. The Bertz CT molecular complexity index is 607. The van der Waals surface area contributed by atoms with Crippen molar-refractivity contribution < 1.29 is 14.6 Å². The molecule has 1 aliphatic carbocycles. The molecule has 1 saturated heterocycles. The van der Waals surface area contributed by atoms with Gasteiger partial charge in [-0.3, -0.25) is 9.69 Å². The van der Waals surface area contributed by atoms with Crippen molar-refractivity contribution in [1.82, 2.24) is 9.80 Å². The van der Waals surface area contributed by atoms with Crippen molar-refractivity contribution in [3.63, 3.8) is 0 Å². The maximum absolute atomic E-state index is 13.0. The Kier molecular flexibility index (Phi) is 7.13. The van der Waals surface area contributed by atoms with E-state index in [1.165, 1.54) is 12.8 Å². The predicted molar refractivity (Wildman–Crippen MR) is 107 cm³/mol. The zero-order chi connectivity index (χ0) is 19.2. The summed E-state index contributed by atoms with van der Waals surface area (Å²) in [4.78, 5) is 17.1. The zero-order valence-corrected chi connectivity index (χ0v) is 16.8. The number of aromatic hydroxyl groups is 1. The van der Waals surface area contributed by atoms with E-state index in [-0.39, 0.29) is 17.8 Å². The number of likely N-dealkylation sites (N-methyl/N-ethyl adjacent to an activating group) is 1. The van der Waals surface area contributed by atoms with Crippen LogP contribution in [0.1, 0.15) is 51.0 Å². The number of nitrogens with zero attached hydrogens (tertiary/aromatic N) is 2. The number of phenols is 1. The molecule has 1 atom stereocenters. The summed E-state index contributed by atoms with van der Waals surface area (Å²) in [6.07, 6.45) is 6.94. The lowest BCUT2D eigenvalue weighted by molar-refractivity contribution is -0.134. The van der Waals surface area contributed by atoms with E-state index in [0.717, 1.165) is 50.3 Å². The normalized spacial score (nSPS) is 25.7. The number of rotatable bonds is 7. The first-order chi connectivity index (χ1) is 13.0. The van der Waals surface area contributed by atoms with Gasteiger partial charge in [0.1, 0.15) is 5.75 Å². The molecule has 0 bridgehead atoms. The highest BCUT2D eigenvalue weighted by molar-refractivity contribution is 5.78. The van der Waals surface area contributed by atoms with Crippen LogP contribution in [0.3, 0.4) is 0 Å². The van der Waals surface area contributed by atoms with Crippen LogP contribution >= 0.6 is 0 Å². The largest absolute Gasteiger partial charge is 0.508 e. The lowest BCUT2D eigenvalue weighted by Crippen LogP contribution is -2.45. The average Bonchev–Trinajstić information content (AvgIpc) is 3.16. The molecular weight excluding hydrogens is 340 g/mol. The Morgan fingerprint density at radius 3 is 2.59 bits per heavy atom. The second kappa shape index (κ2) is 9.56. The molecule has 1 heterocycles.